The molecule has 1 amide bonds. The van der Waals surface area contributed by atoms with Crippen LogP contribution in [0.3, 0.4) is 0 Å². The summed E-state index contributed by atoms with van der Waals surface area (Å²) < 4.78 is 0. The Morgan fingerprint density at radius 3 is 2.70 bits per heavy atom. The SMILES string of the molecule is NNc1cccc(NCCC(=O)NC2CC2)c1[N+](=O)[O-]. The molecule has 0 aromatic heterocycles. The van der Waals surface area contributed by atoms with Crippen LogP contribution < -0.4 is 21.9 Å². The zero-order valence-electron chi connectivity index (χ0n) is 10.9. The predicted molar refractivity (Wildman–Crippen MR) is 75.2 cm³/mol. The summed E-state index contributed by atoms with van der Waals surface area (Å²) in [7, 11) is 0. The molecular weight excluding hydrogens is 262 g/mol. The zero-order chi connectivity index (χ0) is 14.5. The van der Waals surface area contributed by atoms with Gasteiger partial charge in [-0.2, -0.15) is 0 Å². The van der Waals surface area contributed by atoms with E-state index < -0.39 is 4.92 Å². The minimum Gasteiger partial charge on any atom is -0.379 e. The van der Waals surface area contributed by atoms with E-state index in [-0.39, 0.29) is 23.7 Å². The summed E-state index contributed by atoms with van der Waals surface area (Å²) >= 11 is 0. The average molecular weight is 279 g/mol. The Morgan fingerprint density at radius 2 is 2.10 bits per heavy atom. The van der Waals surface area contributed by atoms with Crippen molar-refractivity contribution in [2.45, 2.75) is 25.3 Å². The Balaban J connectivity index is 1.94. The smallest absolute Gasteiger partial charge is 0.316 e. The first-order chi connectivity index (χ1) is 9.61. The molecule has 0 aliphatic heterocycles. The molecule has 1 aliphatic rings. The van der Waals surface area contributed by atoms with E-state index in [1.165, 1.54) is 6.07 Å². The summed E-state index contributed by atoms with van der Waals surface area (Å²) in [4.78, 5) is 22.0. The highest BCUT2D eigenvalue weighted by atomic mass is 16.6. The molecule has 0 unspecified atom stereocenters. The van der Waals surface area contributed by atoms with E-state index in [1.54, 1.807) is 12.1 Å². The van der Waals surface area contributed by atoms with E-state index in [2.05, 4.69) is 16.1 Å². The van der Waals surface area contributed by atoms with E-state index in [1.807, 2.05) is 0 Å². The van der Waals surface area contributed by atoms with E-state index in [9.17, 15) is 14.9 Å². The molecule has 0 saturated heterocycles. The number of nitrogens with two attached hydrogens (primary N) is 1. The highest BCUT2D eigenvalue weighted by molar-refractivity contribution is 5.78. The van der Waals surface area contributed by atoms with Gasteiger partial charge in [-0.25, -0.2) is 0 Å². The van der Waals surface area contributed by atoms with Gasteiger partial charge >= 0.3 is 5.69 Å². The van der Waals surface area contributed by atoms with Gasteiger partial charge in [0.25, 0.3) is 0 Å². The molecule has 2 rings (SSSR count). The van der Waals surface area contributed by atoms with Gasteiger partial charge in [0, 0.05) is 19.0 Å². The molecule has 0 atom stereocenters. The lowest BCUT2D eigenvalue weighted by Gasteiger charge is -2.09. The van der Waals surface area contributed by atoms with E-state index in [0.29, 0.717) is 18.3 Å². The summed E-state index contributed by atoms with van der Waals surface area (Å²) in [6.07, 6.45) is 2.34. The summed E-state index contributed by atoms with van der Waals surface area (Å²) in [5, 5.41) is 16.8. The Morgan fingerprint density at radius 1 is 1.40 bits per heavy atom. The van der Waals surface area contributed by atoms with Gasteiger partial charge in [-0.15, -0.1) is 0 Å². The lowest BCUT2D eigenvalue weighted by Crippen LogP contribution is -2.27. The van der Waals surface area contributed by atoms with Crippen LogP contribution in [0.25, 0.3) is 0 Å². The van der Waals surface area contributed by atoms with E-state index >= 15 is 0 Å². The molecule has 5 N–H and O–H groups in total. The van der Waals surface area contributed by atoms with Crippen LogP contribution in [0.15, 0.2) is 18.2 Å². The third-order valence-electron chi connectivity index (χ3n) is 2.98. The third kappa shape index (κ3) is 3.58. The van der Waals surface area contributed by atoms with Gasteiger partial charge in [0.1, 0.15) is 11.4 Å². The number of nitro groups is 1. The molecule has 8 heteroatoms. The Kier molecular flexibility index (Phi) is 4.36. The van der Waals surface area contributed by atoms with Gasteiger partial charge in [-0.3, -0.25) is 20.8 Å². The number of nitrogens with one attached hydrogen (secondary N) is 3. The van der Waals surface area contributed by atoms with Gasteiger partial charge < -0.3 is 16.1 Å². The maximum Gasteiger partial charge on any atom is 0.316 e. The molecule has 0 heterocycles. The third-order valence-corrected chi connectivity index (χ3v) is 2.98. The molecule has 108 valence electrons. The highest BCUT2D eigenvalue weighted by Crippen LogP contribution is 2.31. The largest absolute Gasteiger partial charge is 0.379 e. The number of nitro benzene ring substituents is 1. The standard InChI is InChI=1S/C12H17N5O3/c13-16-10-3-1-2-9(12(10)17(19)20)14-7-6-11(18)15-8-4-5-8/h1-3,8,14,16H,4-7,13H2,(H,15,18). The molecule has 1 aromatic carbocycles. The van der Waals surface area contributed by atoms with Gasteiger partial charge in [-0.05, 0) is 25.0 Å². The van der Waals surface area contributed by atoms with Crippen molar-refractivity contribution in [3.8, 4) is 0 Å². The molecule has 1 saturated carbocycles. The van der Waals surface area contributed by atoms with Crippen molar-refractivity contribution in [3.05, 3.63) is 28.3 Å². The number of anilines is 2. The molecule has 0 bridgehead atoms. The van der Waals surface area contributed by atoms with Gasteiger partial charge in [0.05, 0.1) is 4.92 Å². The van der Waals surface area contributed by atoms with Gasteiger partial charge in [-0.1, -0.05) is 6.07 Å². The first-order valence-electron chi connectivity index (χ1n) is 6.39. The van der Waals surface area contributed by atoms with Gasteiger partial charge in [0.15, 0.2) is 0 Å². The fourth-order valence-corrected chi connectivity index (χ4v) is 1.84. The predicted octanol–water partition coefficient (Wildman–Crippen LogP) is 0.961. The average Bonchev–Trinajstić information content (AvgIpc) is 3.21. The number of hydrogen-bond acceptors (Lipinski definition) is 6. The second-order valence-electron chi connectivity index (χ2n) is 4.62. The van der Waals surface area contributed by atoms with Crippen LogP contribution in [0.4, 0.5) is 17.1 Å². The van der Waals surface area contributed by atoms with Crippen molar-refractivity contribution >= 4 is 23.0 Å². The van der Waals surface area contributed by atoms with Crippen LogP contribution in [0, 0.1) is 10.1 Å². The lowest BCUT2D eigenvalue weighted by atomic mass is 10.2. The second-order valence-corrected chi connectivity index (χ2v) is 4.62. The summed E-state index contributed by atoms with van der Waals surface area (Å²) in [6.45, 7) is 0.327. The highest BCUT2D eigenvalue weighted by Gasteiger charge is 2.23. The molecule has 0 radical (unpaired) electrons. The van der Waals surface area contributed by atoms with Crippen LogP contribution in [-0.2, 0) is 4.79 Å². The number of hydrogen-bond donors (Lipinski definition) is 4. The Hall–Kier alpha value is -2.35. The van der Waals surface area contributed by atoms with Crippen LogP contribution in [0.1, 0.15) is 19.3 Å². The van der Waals surface area contributed by atoms with Crippen molar-refractivity contribution in [1.82, 2.24) is 5.32 Å². The molecule has 20 heavy (non-hydrogen) atoms. The van der Waals surface area contributed by atoms with Crippen LogP contribution in [0.2, 0.25) is 0 Å². The van der Waals surface area contributed by atoms with Crippen molar-refractivity contribution in [2.24, 2.45) is 5.84 Å². The first-order valence-corrected chi connectivity index (χ1v) is 6.39. The van der Waals surface area contributed by atoms with Crippen molar-refractivity contribution in [2.75, 3.05) is 17.3 Å². The normalized spacial score (nSPS) is 13.7. The number of rotatable bonds is 7. The number of benzene rings is 1. The number of carbonyl (C=O) groups excluding carboxylic acids is 1. The maximum absolute atomic E-state index is 11.5. The molecule has 1 aliphatic carbocycles. The first kappa shape index (κ1) is 14.1. The lowest BCUT2D eigenvalue weighted by molar-refractivity contribution is -0.383. The minimum absolute atomic E-state index is 0.0456. The van der Waals surface area contributed by atoms with Crippen molar-refractivity contribution in [3.63, 3.8) is 0 Å². The quantitative estimate of drug-likeness (QED) is 0.335. The molecule has 1 aromatic rings. The Bertz CT molecular complexity index is 516. The van der Waals surface area contributed by atoms with E-state index in [4.69, 9.17) is 5.84 Å². The number of hydrazine groups is 1. The fraction of sp³-hybridized carbons (Fsp3) is 0.417. The van der Waals surface area contributed by atoms with E-state index in [0.717, 1.165) is 12.8 Å². The number of para-hydroxylation sites is 1. The summed E-state index contributed by atoms with van der Waals surface area (Å²) in [5.74, 6) is 5.20. The van der Waals surface area contributed by atoms with Crippen LogP contribution in [0.5, 0.6) is 0 Å². The fourth-order valence-electron chi connectivity index (χ4n) is 1.84. The molecular formula is C12H17N5O3. The molecule has 8 nitrogen and oxygen atoms in total. The number of carbonyl (C=O) groups is 1. The summed E-state index contributed by atoms with van der Waals surface area (Å²) in [5.41, 5.74) is 2.72. The molecule has 0 spiro atoms. The number of nitrogen functional groups attached to an aromatic ring is 1. The topological polar surface area (TPSA) is 122 Å². The van der Waals surface area contributed by atoms with Crippen molar-refractivity contribution < 1.29 is 9.72 Å². The monoisotopic (exact) mass is 279 g/mol. The number of amides is 1. The van der Waals surface area contributed by atoms with Crippen LogP contribution >= 0.6 is 0 Å². The Labute approximate surface area is 115 Å². The second kappa shape index (κ2) is 6.20. The zero-order valence-corrected chi connectivity index (χ0v) is 10.9. The maximum atomic E-state index is 11.5. The van der Waals surface area contributed by atoms with Crippen LogP contribution in [-0.4, -0.2) is 23.4 Å². The minimum atomic E-state index is -0.512. The number of nitrogens with zero attached hydrogens (tertiary/aromatic N) is 1. The molecule has 1 fully saturated rings. The summed E-state index contributed by atoms with van der Waals surface area (Å²) in [6, 6.07) is 5.07. The van der Waals surface area contributed by atoms with Crippen molar-refractivity contribution in [1.29, 1.82) is 0 Å². The van der Waals surface area contributed by atoms with Gasteiger partial charge in [0.2, 0.25) is 5.91 Å².